The predicted octanol–water partition coefficient (Wildman–Crippen LogP) is 12.4. The van der Waals surface area contributed by atoms with Crippen LogP contribution in [-0.4, -0.2) is 0 Å². The van der Waals surface area contributed by atoms with Crippen LogP contribution in [0.4, 0.5) is 28.4 Å². The van der Waals surface area contributed by atoms with Gasteiger partial charge in [0.05, 0.1) is 0 Å². The highest BCUT2D eigenvalue weighted by molar-refractivity contribution is 6.09. The summed E-state index contributed by atoms with van der Waals surface area (Å²) in [5.74, 6) is 0. The fraction of sp³-hybridized carbons (Fsp3) is 0.0455. The van der Waals surface area contributed by atoms with Gasteiger partial charge in [0.25, 0.3) is 0 Å². The minimum atomic E-state index is 0.856. The Labute approximate surface area is 275 Å². The normalized spacial score (nSPS) is 12.8. The Balaban J connectivity index is 1.22. The summed E-state index contributed by atoms with van der Waals surface area (Å²) in [6.45, 7) is 6.04. The van der Waals surface area contributed by atoms with Gasteiger partial charge >= 0.3 is 0 Å². The van der Waals surface area contributed by atoms with Gasteiger partial charge < -0.3 is 14.2 Å². The Bertz CT molecular complexity index is 2310. The molecule has 0 saturated carbocycles. The van der Waals surface area contributed by atoms with E-state index < -0.39 is 0 Å². The first-order chi connectivity index (χ1) is 23.2. The van der Waals surface area contributed by atoms with Crippen molar-refractivity contribution in [3.8, 4) is 11.1 Å². The van der Waals surface area contributed by atoms with Crippen LogP contribution in [0.15, 0.2) is 181 Å². The second-order valence-corrected chi connectivity index (χ2v) is 11.8. The van der Waals surface area contributed by atoms with Gasteiger partial charge in [0.2, 0.25) is 0 Å². The molecule has 0 atom stereocenters. The standard InChI is InChI=1S/C44H34N2O/c1-3-13-34(14-4-2)45(35-16-6-5-7-17-35)37-27-28-42-33(30-37)29-32-15-8-10-21-41(32)46(42)36-25-23-31(24-26-36)38-19-12-20-40-39-18-9-11-22-43(39)47-44(38)40/h3-28,30H,1,29H2,2H3/b14-4-,34-13+. The highest BCUT2D eigenvalue weighted by Gasteiger charge is 2.25. The number of hydrogen-bond donors (Lipinski definition) is 0. The first-order valence-electron chi connectivity index (χ1n) is 16.1. The summed E-state index contributed by atoms with van der Waals surface area (Å²) < 4.78 is 6.36. The first kappa shape index (κ1) is 28.4. The van der Waals surface area contributed by atoms with E-state index in [-0.39, 0.29) is 0 Å². The average molecular weight is 607 g/mol. The summed E-state index contributed by atoms with van der Waals surface area (Å²) in [5, 5.41) is 2.28. The largest absolute Gasteiger partial charge is 0.455 e. The maximum atomic E-state index is 6.36. The molecule has 0 spiro atoms. The Morgan fingerprint density at radius 2 is 1.45 bits per heavy atom. The molecule has 3 heteroatoms. The molecule has 0 saturated heterocycles. The van der Waals surface area contributed by atoms with Crippen molar-refractivity contribution in [3.63, 3.8) is 0 Å². The van der Waals surface area contributed by atoms with Gasteiger partial charge in [-0.3, -0.25) is 0 Å². The zero-order chi connectivity index (χ0) is 31.7. The van der Waals surface area contributed by atoms with Crippen LogP contribution in [-0.2, 0) is 6.42 Å². The molecule has 0 unspecified atom stereocenters. The van der Waals surface area contributed by atoms with E-state index in [1.807, 2.05) is 25.1 Å². The van der Waals surface area contributed by atoms with Gasteiger partial charge in [0.15, 0.2) is 0 Å². The van der Waals surface area contributed by atoms with Crippen molar-refractivity contribution >= 4 is 50.4 Å². The molecule has 0 bridgehead atoms. The molecule has 0 aliphatic carbocycles. The van der Waals surface area contributed by atoms with Crippen LogP contribution >= 0.6 is 0 Å². The molecule has 7 aromatic rings. The van der Waals surface area contributed by atoms with Gasteiger partial charge in [-0.1, -0.05) is 104 Å². The molecule has 47 heavy (non-hydrogen) atoms. The van der Waals surface area contributed by atoms with Crippen molar-refractivity contribution in [1.82, 2.24) is 0 Å². The lowest BCUT2D eigenvalue weighted by molar-refractivity contribution is 0.670. The first-order valence-corrected chi connectivity index (χ1v) is 16.1. The lowest BCUT2D eigenvalue weighted by Crippen LogP contribution is -2.20. The third kappa shape index (κ3) is 5.03. The van der Waals surface area contributed by atoms with Gasteiger partial charge in [-0.15, -0.1) is 0 Å². The van der Waals surface area contributed by atoms with Crippen LogP contribution in [0.2, 0.25) is 0 Å². The summed E-state index contributed by atoms with van der Waals surface area (Å²) in [6, 6.07) is 49.6. The van der Waals surface area contributed by atoms with Crippen molar-refractivity contribution < 1.29 is 4.42 Å². The van der Waals surface area contributed by atoms with Gasteiger partial charge in [-0.25, -0.2) is 0 Å². The van der Waals surface area contributed by atoms with Crippen LogP contribution in [0.1, 0.15) is 18.1 Å². The number of hydrogen-bond acceptors (Lipinski definition) is 3. The van der Waals surface area contributed by atoms with Gasteiger partial charge in [0.1, 0.15) is 11.2 Å². The monoisotopic (exact) mass is 606 g/mol. The van der Waals surface area contributed by atoms with E-state index in [1.54, 1.807) is 0 Å². The molecule has 3 nitrogen and oxygen atoms in total. The third-order valence-electron chi connectivity index (χ3n) is 8.92. The Morgan fingerprint density at radius 1 is 0.702 bits per heavy atom. The van der Waals surface area contributed by atoms with Gasteiger partial charge in [-0.05, 0) is 90.4 Å². The molecule has 226 valence electrons. The van der Waals surface area contributed by atoms with Crippen molar-refractivity contribution in [2.24, 2.45) is 0 Å². The molecule has 1 aromatic heterocycles. The molecule has 0 radical (unpaired) electrons. The quantitative estimate of drug-likeness (QED) is 0.168. The van der Waals surface area contributed by atoms with Crippen LogP contribution in [0.3, 0.4) is 0 Å². The fourth-order valence-electron chi connectivity index (χ4n) is 6.85. The van der Waals surface area contributed by atoms with Crippen molar-refractivity contribution in [1.29, 1.82) is 0 Å². The number of furan rings is 1. The van der Waals surface area contributed by atoms with Crippen molar-refractivity contribution in [3.05, 3.63) is 187 Å². The maximum Gasteiger partial charge on any atom is 0.143 e. The van der Waals surface area contributed by atoms with Crippen LogP contribution < -0.4 is 9.80 Å². The number of para-hydroxylation sites is 4. The minimum absolute atomic E-state index is 0.856. The number of fused-ring (bicyclic) bond motifs is 5. The van der Waals surface area contributed by atoms with Crippen LogP contribution in [0, 0.1) is 0 Å². The lowest BCUT2D eigenvalue weighted by Gasteiger charge is -2.35. The second-order valence-electron chi connectivity index (χ2n) is 11.8. The van der Waals surface area contributed by atoms with E-state index in [2.05, 4.69) is 162 Å². The number of benzene rings is 6. The zero-order valence-electron chi connectivity index (χ0n) is 26.3. The molecule has 0 N–H and O–H groups in total. The van der Waals surface area contributed by atoms with E-state index in [1.165, 1.54) is 22.5 Å². The summed E-state index contributed by atoms with van der Waals surface area (Å²) >= 11 is 0. The molecule has 6 aromatic carbocycles. The third-order valence-corrected chi connectivity index (χ3v) is 8.92. The summed E-state index contributed by atoms with van der Waals surface area (Å²) in [4.78, 5) is 4.68. The number of nitrogens with zero attached hydrogens (tertiary/aromatic N) is 2. The molecular weight excluding hydrogens is 572 g/mol. The molecule has 2 heterocycles. The predicted molar refractivity (Wildman–Crippen MR) is 198 cm³/mol. The van der Waals surface area contributed by atoms with E-state index in [0.29, 0.717) is 0 Å². The summed E-state index contributed by atoms with van der Waals surface area (Å²) in [5.41, 5.74) is 13.4. The number of rotatable bonds is 7. The van der Waals surface area contributed by atoms with E-state index >= 15 is 0 Å². The smallest absolute Gasteiger partial charge is 0.143 e. The average Bonchev–Trinajstić information content (AvgIpc) is 3.50. The zero-order valence-corrected chi connectivity index (χ0v) is 26.3. The van der Waals surface area contributed by atoms with Gasteiger partial charge in [0, 0.05) is 56.9 Å². The highest BCUT2D eigenvalue weighted by atomic mass is 16.3. The molecule has 8 rings (SSSR count). The summed E-state index contributed by atoms with van der Waals surface area (Å²) in [6.07, 6.45) is 8.96. The Morgan fingerprint density at radius 3 is 2.28 bits per heavy atom. The molecule has 1 aliphatic rings. The Hall–Kier alpha value is -6.06. The number of allylic oxidation sites excluding steroid dienone is 4. The second kappa shape index (κ2) is 12.0. The minimum Gasteiger partial charge on any atom is -0.455 e. The SMILES string of the molecule is C=C/C=C(\C=C/C)N(c1ccccc1)c1ccc2c(c1)Cc1ccccc1N2c1ccc(-c2cccc3c2oc2ccccc23)cc1. The van der Waals surface area contributed by atoms with E-state index in [9.17, 15) is 0 Å². The maximum absolute atomic E-state index is 6.36. The Kier molecular flexibility index (Phi) is 7.28. The number of anilines is 5. The van der Waals surface area contributed by atoms with Crippen LogP contribution in [0.25, 0.3) is 33.1 Å². The summed E-state index contributed by atoms with van der Waals surface area (Å²) in [7, 11) is 0. The van der Waals surface area contributed by atoms with Crippen molar-refractivity contribution in [2.45, 2.75) is 13.3 Å². The van der Waals surface area contributed by atoms with Gasteiger partial charge in [-0.2, -0.15) is 0 Å². The topological polar surface area (TPSA) is 19.6 Å². The molecule has 0 fully saturated rings. The van der Waals surface area contributed by atoms with E-state index in [4.69, 9.17) is 4.42 Å². The van der Waals surface area contributed by atoms with E-state index in [0.717, 1.165) is 62.2 Å². The molecule has 1 aliphatic heterocycles. The lowest BCUT2D eigenvalue weighted by atomic mass is 9.94. The van der Waals surface area contributed by atoms with Crippen molar-refractivity contribution in [2.75, 3.05) is 9.80 Å². The highest BCUT2D eigenvalue weighted by Crippen LogP contribution is 2.46. The molecule has 0 amide bonds. The fourth-order valence-corrected chi connectivity index (χ4v) is 6.85. The van der Waals surface area contributed by atoms with Crippen LogP contribution in [0.5, 0.6) is 0 Å². The molecular formula is C44H34N2O.